The zero-order valence-corrected chi connectivity index (χ0v) is 21.5. The first-order valence-electron chi connectivity index (χ1n) is 12.8. The van der Waals surface area contributed by atoms with Crippen LogP contribution in [0.4, 0.5) is 0 Å². The maximum Gasteiger partial charge on any atom is 0.202 e. The highest BCUT2D eigenvalue weighted by Gasteiger charge is 2.10. The van der Waals surface area contributed by atoms with Gasteiger partial charge in [-0.2, -0.15) is 0 Å². The molecule has 1 heterocycles. The molecular weight excluding hydrogens is 478 g/mol. The molecule has 38 heavy (non-hydrogen) atoms. The van der Waals surface area contributed by atoms with E-state index in [1.54, 1.807) is 24.3 Å². The summed E-state index contributed by atoms with van der Waals surface area (Å²) in [7, 11) is 0. The molecule has 9 nitrogen and oxygen atoms in total. The minimum Gasteiger partial charge on any atom is -0.494 e. The Bertz CT molecular complexity index is 1330. The van der Waals surface area contributed by atoms with Gasteiger partial charge in [-0.15, -0.1) is 0 Å². The van der Waals surface area contributed by atoms with Gasteiger partial charge < -0.3 is 30.1 Å². The molecule has 4 aromatic rings. The fourth-order valence-corrected chi connectivity index (χ4v) is 4.33. The van der Waals surface area contributed by atoms with Crippen LogP contribution in [0.5, 0.6) is 11.5 Å². The fraction of sp³-hybridized carbons (Fsp3) is 0.276. The Morgan fingerprint density at radius 3 is 1.37 bits per heavy atom. The van der Waals surface area contributed by atoms with Crippen molar-refractivity contribution < 1.29 is 9.47 Å². The van der Waals surface area contributed by atoms with E-state index in [1.165, 1.54) is 0 Å². The summed E-state index contributed by atoms with van der Waals surface area (Å²) in [5, 5.41) is 23.8. The largest absolute Gasteiger partial charge is 0.494 e. The van der Waals surface area contributed by atoms with Crippen molar-refractivity contribution in [2.75, 3.05) is 13.2 Å². The molecule has 0 atom stereocenters. The molecule has 0 saturated heterocycles. The van der Waals surface area contributed by atoms with Crippen molar-refractivity contribution >= 4 is 22.7 Å². The van der Waals surface area contributed by atoms with E-state index >= 15 is 0 Å². The summed E-state index contributed by atoms with van der Waals surface area (Å²) in [5.74, 6) is 1.61. The molecule has 0 saturated carbocycles. The average Bonchev–Trinajstić information content (AvgIpc) is 3.19. The van der Waals surface area contributed by atoms with Gasteiger partial charge in [0.1, 0.15) is 23.2 Å². The normalized spacial score (nSPS) is 10.9. The maximum absolute atomic E-state index is 8.82. The minimum absolute atomic E-state index is 0.0459. The van der Waals surface area contributed by atoms with Crippen LogP contribution >= 0.6 is 0 Å². The van der Waals surface area contributed by atoms with Crippen LogP contribution in [0.3, 0.4) is 0 Å². The molecule has 0 fully saturated rings. The second-order valence-corrected chi connectivity index (χ2v) is 9.10. The number of nitrogen functional groups attached to an aromatic ring is 2. The number of nitrogens with one attached hydrogen (secondary N) is 3. The van der Waals surface area contributed by atoms with Crippen molar-refractivity contribution in [1.82, 2.24) is 9.13 Å². The minimum atomic E-state index is 0.0459. The summed E-state index contributed by atoms with van der Waals surface area (Å²) in [6.07, 6.45) is 3.52. The third-order valence-electron chi connectivity index (χ3n) is 6.39. The van der Waals surface area contributed by atoms with Gasteiger partial charge in [-0.1, -0.05) is 12.1 Å². The van der Waals surface area contributed by atoms with Crippen LogP contribution in [-0.2, 0) is 13.1 Å². The molecule has 7 N–H and O–H groups in total. The van der Waals surface area contributed by atoms with E-state index < -0.39 is 0 Å². The SMILES string of the molecule is N=C(N)c1ccc(OCCCCn2c(=N)n(CCCCOc3ccc(C(=N)N)cc3)c3ccccc32)cc1. The fourth-order valence-electron chi connectivity index (χ4n) is 4.33. The predicted octanol–water partition coefficient (Wildman–Crippen LogP) is 4.21. The molecule has 0 unspecified atom stereocenters. The topological polar surface area (TPSA) is 152 Å². The summed E-state index contributed by atoms with van der Waals surface area (Å²) >= 11 is 0. The number of nitrogens with two attached hydrogens (primary N) is 2. The number of hydrogen-bond acceptors (Lipinski definition) is 5. The second-order valence-electron chi connectivity index (χ2n) is 9.10. The number of para-hydroxylation sites is 2. The standard InChI is InChI=1S/C29H35N7O2/c30-27(31)21-9-13-23(14-10-21)37-19-5-3-17-35-25-7-1-2-8-26(25)36(29(35)34)18-4-6-20-38-24-15-11-22(12-16-24)28(32)33/h1-2,7-16,34H,3-6,17-20H2,(H3,30,31)(H3,32,33). The Morgan fingerprint density at radius 2 is 1.00 bits per heavy atom. The molecule has 0 spiro atoms. The molecule has 9 heteroatoms. The smallest absolute Gasteiger partial charge is 0.202 e. The highest BCUT2D eigenvalue weighted by Crippen LogP contribution is 2.16. The number of aromatic nitrogens is 2. The third kappa shape index (κ3) is 6.61. The number of ether oxygens (including phenoxy) is 2. The third-order valence-corrected chi connectivity index (χ3v) is 6.39. The zero-order valence-electron chi connectivity index (χ0n) is 21.5. The first-order chi connectivity index (χ1) is 18.4. The molecule has 0 bridgehead atoms. The van der Waals surface area contributed by atoms with E-state index in [2.05, 4.69) is 21.3 Å². The summed E-state index contributed by atoms with van der Waals surface area (Å²) in [6.45, 7) is 2.67. The van der Waals surface area contributed by atoms with Gasteiger partial charge in [0, 0.05) is 24.2 Å². The van der Waals surface area contributed by atoms with Crippen molar-refractivity contribution in [3.63, 3.8) is 0 Å². The van der Waals surface area contributed by atoms with Crippen molar-refractivity contribution in [3.05, 3.63) is 89.5 Å². The number of unbranched alkanes of at least 4 members (excludes halogenated alkanes) is 2. The van der Waals surface area contributed by atoms with Gasteiger partial charge in [0.15, 0.2) is 0 Å². The summed E-state index contributed by atoms with van der Waals surface area (Å²) in [5.41, 5.74) is 15.0. The molecule has 0 radical (unpaired) electrons. The number of aryl methyl sites for hydroxylation is 2. The number of hydrogen-bond donors (Lipinski definition) is 5. The number of amidine groups is 2. The first-order valence-corrected chi connectivity index (χ1v) is 12.8. The van der Waals surface area contributed by atoms with Crippen LogP contribution in [0.2, 0.25) is 0 Å². The van der Waals surface area contributed by atoms with Crippen molar-refractivity contribution in [1.29, 1.82) is 16.2 Å². The zero-order chi connectivity index (χ0) is 26.9. The van der Waals surface area contributed by atoms with Gasteiger partial charge >= 0.3 is 0 Å². The number of fused-ring (bicyclic) bond motifs is 1. The van der Waals surface area contributed by atoms with E-state index in [4.69, 9.17) is 37.2 Å². The molecule has 0 aliphatic carbocycles. The van der Waals surface area contributed by atoms with E-state index in [-0.39, 0.29) is 11.7 Å². The molecule has 0 aliphatic heterocycles. The van der Waals surface area contributed by atoms with Crippen molar-refractivity contribution in [3.8, 4) is 11.5 Å². The van der Waals surface area contributed by atoms with Gasteiger partial charge in [0.05, 0.1) is 24.2 Å². The van der Waals surface area contributed by atoms with Crippen molar-refractivity contribution in [2.45, 2.75) is 38.8 Å². The van der Waals surface area contributed by atoms with Gasteiger partial charge in [-0.3, -0.25) is 16.2 Å². The van der Waals surface area contributed by atoms with Gasteiger partial charge in [0.2, 0.25) is 5.62 Å². The Hall–Kier alpha value is -4.53. The molecular formula is C29H35N7O2. The van der Waals surface area contributed by atoms with Crippen LogP contribution in [0.15, 0.2) is 72.8 Å². The van der Waals surface area contributed by atoms with E-state index in [0.717, 1.165) is 61.3 Å². The highest BCUT2D eigenvalue weighted by molar-refractivity contribution is 5.95. The van der Waals surface area contributed by atoms with Gasteiger partial charge in [0.25, 0.3) is 0 Å². The molecule has 1 aromatic heterocycles. The van der Waals surface area contributed by atoms with Crippen LogP contribution in [0.1, 0.15) is 36.8 Å². The predicted molar refractivity (Wildman–Crippen MR) is 150 cm³/mol. The number of imidazole rings is 1. The monoisotopic (exact) mass is 513 g/mol. The maximum atomic E-state index is 8.82. The first kappa shape index (κ1) is 26.5. The Kier molecular flexibility index (Phi) is 8.81. The van der Waals surface area contributed by atoms with E-state index in [1.807, 2.05) is 36.4 Å². The summed E-state index contributed by atoms with van der Waals surface area (Å²) in [6, 6.07) is 22.6. The molecule has 0 amide bonds. The van der Waals surface area contributed by atoms with Crippen LogP contribution in [-0.4, -0.2) is 34.0 Å². The lowest BCUT2D eigenvalue weighted by atomic mass is 10.2. The molecule has 0 aliphatic rings. The Balaban J connectivity index is 1.26. The molecule has 198 valence electrons. The lowest BCUT2D eigenvalue weighted by Gasteiger charge is -2.08. The summed E-state index contributed by atoms with van der Waals surface area (Å²) < 4.78 is 15.8. The number of rotatable bonds is 14. The number of nitrogens with zero attached hydrogens (tertiary/aromatic N) is 2. The lowest BCUT2D eigenvalue weighted by Crippen LogP contribution is -2.25. The van der Waals surface area contributed by atoms with Crippen LogP contribution < -0.4 is 26.6 Å². The second kappa shape index (κ2) is 12.6. The van der Waals surface area contributed by atoms with E-state index in [9.17, 15) is 0 Å². The van der Waals surface area contributed by atoms with E-state index in [0.29, 0.717) is 30.0 Å². The average molecular weight is 514 g/mol. The molecule has 4 rings (SSSR count). The Labute approximate surface area is 222 Å². The quantitative estimate of drug-likeness (QED) is 0.0974. The molecule has 3 aromatic carbocycles. The van der Waals surface area contributed by atoms with Crippen molar-refractivity contribution in [2.24, 2.45) is 11.5 Å². The Morgan fingerprint density at radius 1 is 0.605 bits per heavy atom. The summed E-state index contributed by atoms with van der Waals surface area (Å²) in [4.78, 5) is 0. The lowest BCUT2D eigenvalue weighted by molar-refractivity contribution is 0.301. The van der Waals surface area contributed by atoms with Crippen LogP contribution in [0, 0.1) is 16.2 Å². The van der Waals surface area contributed by atoms with Gasteiger partial charge in [-0.25, -0.2) is 0 Å². The van der Waals surface area contributed by atoms with Gasteiger partial charge in [-0.05, 0) is 86.3 Å². The highest BCUT2D eigenvalue weighted by atomic mass is 16.5. The van der Waals surface area contributed by atoms with Crippen LogP contribution in [0.25, 0.3) is 11.0 Å². The number of benzene rings is 3.